The van der Waals surface area contributed by atoms with Gasteiger partial charge in [0.05, 0.1) is 6.10 Å². The Morgan fingerprint density at radius 3 is 2.77 bits per heavy atom. The van der Waals surface area contributed by atoms with Gasteiger partial charge >= 0.3 is 0 Å². The fourth-order valence-electron chi connectivity index (χ4n) is 5.67. The fourth-order valence-corrected chi connectivity index (χ4v) is 5.67. The van der Waals surface area contributed by atoms with Crippen LogP contribution in [0.5, 0.6) is 0 Å². The zero-order chi connectivity index (χ0) is 17.6. The molecule has 1 N–H and O–H groups in total. The Labute approximate surface area is 156 Å². The molecule has 4 nitrogen and oxygen atoms in total. The maximum atomic E-state index is 6.06. The van der Waals surface area contributed by atoms with Gasteiger partial charge in [0.1, 0.15) is 0 Å². The molecule has 1 aromatic rings. The molecule has 4 heteroatoms. The summed E-state index contributed by atoms with van der Waals surface area (Å²) in [6, 6.07) is 11.3. The van der Waals surface area contributed by atoms with E-state index in [1.165, 1.54) is 36.8 Å². The van der Waals surface area contributed by atoms with Gasteiger partial charge in [0.2, 0.25) is 0 Å². The molecule has 2 aliphatic heterocycles. The predicted molar refractivity (Wildman–Crippen MR) is 105 cm³/mol. The standard InChI is InChI=1S/C22H29N3O/c1-23-21(24-19-18-10-15-26-20(18)22(19)11-5-12-22)25-13-8-17(9-14-25)16-6-3-2-4-7-16/h2-4,6-8,18-20H,5,9-15H2,1H3,(H,23,24). The summed E-state index contributed by atoms with van der Waals surface area (Å²) in [7, 11) is 1.92. The lowest BCUT2D eigenvalue weighted by molar-refractivity contribution is -0.171. The SMILES string of the molecule is CN=C(NC1C2CCOC2C12CCC2)N1CC=C(c2ccccc2)CC1. The number of nitrogens with one attached hydrogen (secondary N) is 1. The van der Waals surface area contributed by atoms with Gasteiger partial charge in [-0.3, -0.25) is 4.99 Å². The average molecular weight is 351 g/mol. The lowest BCUT2D eigenvalue weighted by Crippen LogP contribution is -2.72. The average Bonchev–Trinajstić information content (AvgIpc) is 3.07. The van der Waals surface area contributed by atoms with Crippen LogP contribution in [0.2, 0.25) is 0 Å². The second kappa shape index (κ2) is 6.41. The number of benzene rings is 1. The lowest BCUT2D eigenvalue weighted by Gasteiger charge is -2.63. The highest BCUT2D eigenvalue weighted by Crippen LogP contribution is 2.62. The number of guanidine groups is 1. The molecule has 0 amide bonds. The molecule has 138 valence electrons. The van der Waals surface area contributed by atoms with Crippen LogP contribution in [-0.4, -0.2) is 49.7 Å². The largest absolute Gasteiger partial charge is 0.377 e. The summed E-state index contributed by atoms with van der Waals surface area (Å²) in [6.07, 6.45) is 9.16. The molecule has 5 rings (SSSR count). The molecular weight excluding hydrogens is 322 g/mol. The van der Waals surface area contributed by atoms with E-state index in [2.05, 4.69) is 51.6 Å². The molecule has 1 aromatic carbocycles. The molecule has 1 saturated heterocycles. The number of rotatable bonds is 2. The molecular formula is C22H29N3O. The van der Waals surface area contributed by atoms with Crippen LogP contribution in [0.15, 0.2) is 41.4 Å². The molecule has 3 fully saturated rings. The van der Waals surface area contributed by atoms with Crippen molar-refractivity contribution in [2.24, 2.45) is 16.3 Å². The first kappa shape index (κ1) is 16.4. The van der Waals surface area contributed by atoms with Gasteiger partial charge < -0.3 is 15.0 Å². The third kappa shape index (κ3) is 2.42. The molecule has 26 heavy (non-hydrogen) atoms. The van der Waals surface area contributed by atoms with E-state index in [1.54, 1.807) is 0 Å². The van der Waals surface area contributed by atoms with Crippen molar-refractivity contribution in [2.75, 3.05) is 26.7 Å². The topological polar surface area (TPSA) is 36.9 Å². The summed E-state index contributed by atoms with van der Waals surface area (Å²) in [4.78, 5) is 7.04. The van der Waals surface area contributed by atoms with E-state index in [4.69, 9.17) is 4.74 Å². The Kier molecular flexibility index (Phi) is 4.04. The number of nitrogens with zero attached hydrogens (tertiary/aromatic N) is 2. The molecule has 2 heterocycles. The first-order valence-electron chi connectivity index (χ1n) is 10.2. The summed E-state index contributed by atoms with van der Waals surface area (Å²) in [6.45, 7) is 2.92. The van der Waals surface area contributed by atoms with Gasteiger partial charge in [-0.1, -0.05) is 42.8 Å². The zero-order valence-corrected chi connectivity index (χ0v) is 15.7. The van der Waals surface area contributed by atoms with E-state index in [1.807, 2.05) is 7.05 Å². The number of hydrogen-bond acceptors (Lipinski definition) is 2. The van der Waals surface area contributed by atoms with Gasteiger partial charge in [-0.25, -0.2) is 0 Å². The molecule has 2 aliphatic carbocycles. The molecule has 3 atom stereocenters. The Balaban J connectivity index is 1.27. The van der Waals surface area contributed by atoms with Crippen LogP contribution in [-0.2, 0) is 4.74 Å². The van der Waals surface area contributed by atoms with Crippen molar-refractivity contribution in [2.45, 2.75) is 44.2 Å². The number of hydrogen-bond donors (Lipinski definition) is 1. The molecule has 1 spiro atoms. The Bertz CT molecular complexity index is 722. The molecule has 0 aromatic heterocycles. The van der Waals surface area contributed by atoms with Gasteiger partial charge in [0.25, 0.3) is 0 Å². The number of fused-ring (bicyclic) bond motifs is 2. The molecule has 0 radical (unpaired) electrons. The van der Waals surface area contributed by atoms with E-state index in [9.17, 15) is 0 Å². The maximum Gasteiger partial charge on any atom is 0.194 e. The van der Waals surface area contributed by atoms with Crippen molar-refractivity contribution in [3.63, 3.8) is 0 Å². The highest BCUT2D eigenvalue weighted by atomic mass is 16.5. The maximum absolute atomic E-state index is 6.06. The lowest BCUT2D eigenvalue weighted by atomic mass is 9.46. The second-order valence-corrected chi connectivity index (χ2v) is 8.29. The van der Waals surface area contributed by atoms with Crippen molar-refractivity contribution in [3.8, 4) is 0 Å². The Morgan fingerprint density at radius 2 is 2.12 bits per heavy atom. The smallest absolute Gasteiger partial charge is 0.194 e. The molecule has 2 saturated carbocycles. The summed E-state index contributed by atoms with van der Waals surface area (Å²) >= 11 is 0. The second-order valence-electron chi connectivity index (χ2n) is 8.29. The minimum atomic E-state index is 0.401. The van der Waals surface area contributed by atoms with Crippen LogP contribution in [0.4, 0.5) is 0 Å². The van der Waals surface area contributed by atoms with Crippen LogP contribution in [0, 0.1) is 11.3 Å². The van der Waals surface area contributed by atoms with Crippen LogP contribution in [0.3, 0.4) is 0 Å². The summed E-state index contributed by atoms with van der Waals surface area (Å²) in [5.41, 5.74) is 3.21. The van der Waals surface area contributed by atoms with Crippen molar-refractivity contribution >= 4 is 11.5 Å². The Hall–Kier alpha value is -1.81. The van der Waals surface area contributed by atoms with E-state index >= 15 is 0 Å². The van der Waals surface area contributed by atoms with Crippen molar-refractivity contribution in [1.82, 2.24) is 10.2 Å². The Morgan fingerprint density at radius 1 is 1.27 bits per heavy atom. The van der Waals surface area contributed by atoms with E-state index in [0.717, 1.165) is 32.1 Å². The van der Waals surface area contributed by atoms with Gasteiger partial charge in [0, 0.05) is 44.1 Å². The number of aliphatic imine (C=N–C) groups is 1. The fraction of sp³-hybridized carbons (Fsp3) is 0.591. The minimum Gasteiger partial charge on any atom is -0.377 e. The molecule has 0 bridgehead atoms. The summed E-state index contributed by atoms with van der Waals surface area (Å²) in [5.74, 6) is 1.77. The van der Waals surface area contributed by atoms with Gasteiger partial charge in [-0.2, -0.15) is 0 Å². The minimum absolute atomic E-state index is 0.401. The summed E-state index contributed by atoms with van der Waals surface area (Å²) in [5, 5.41) is 3.86. The first-order chi connectivity index (χ1) is 12.8. The first-order valence-corrected chi connectivity index (χ1v) is 10.2. The third-order valence-corrected chi connectivity index (χ3v) is 7.19. The van der Waals surface area contributed by atoms with Crippen molar-refractivity contribution in [3.05, 3.63) is 42.0 Å². The third-order valence-electron chi connectivity index (χ3n) is 7.19. The van der Waals surface area contributed by atoms with E-state index < -0.39 is 0 Å². The predicted octanol–water partition coefficient (Wildman–Crippen LogP) is 3.31. The quantitative estimate of drug-likeness (QED) is 0.656. The van der Waals surface area contributed by atoms with Crippen molar-refractivity contribution in [1.29, 1.82) is 0 Å². The molecule has 3 unspecified atom stereocenters. The van der Waals surface area contributed by atoms with Gasteiger partial charge in [-0.15, -0.1) is 0 Å². The van der Waals surface area contributed by atoms with E-state index in [0.29, 0.717) is 23.5 Å². The monoisotopic (exact) mass is 351 g/mol. The number of ether oxygens (including phenoxy) is 1. The molecule has 4 aliphatic rings. The zero-order valence-electron chi connectivity index (χ0n) is 15.7. The highest BCUT2D eigenvalue weighted by Gasteiger charge is 2.66. The van der Waals surface area contributed by atoms with Gasteiger partial charge in [0.15, 0.2) is 5.96 Å². The normalized spacial score (nSPS) is 32.5. The highest BCUT2D eigenvalue weighted by molar-refractivity contribution is 5.82. The van der Waals surface area contributed by atoms with Crippen molar-refractivity contribution < 1.29 is 4.74 Å². The van der Waals surface area contributed by atoms with Crippen LogP contribution in [0.25, 0.3) is 5.57 Å². The van der Waals surface area contributed by atoms with Gasteiger partial charge in [-0.05, 0) is 36.8 Å². The van der Waals surface area contributed by atoms with E-state index in [-0.39, 0.29) is 0 Å². The summed E-state index contributed by atoms with van der Waals surface area (Å²) < 4.78 is 6.06. The van der Waals surface area contributed by atoms with Crippen LogP contribution < -0.4 is 5.32 Å². The van der Waals surface area contributed by atoms with Crippen LogP contribution >= 0.6 is 0 Å². The van der Waals surface area contributed by atoms with Crippen LogP contribution in [0.1, 0.15) is 37.7 Å².